The fourth-order valence-electron chi connectivity index (χ4n) is 2.85. The van der Waals surface area contributed by atoms with Gasteiger partial charge in [0, 0.05) is 55.3 Å². The normalized spacial score (nSPS) is 17.6. The number of piperidine rings is 1. The fourth-order valence-corrected chi connectivity index (χ4v) is 2.85. The number of pyridine rings is 1. The molecule has 6 nitrogen and oxygen atoms in total. The van der Waals surface area contributed by atoms with Crippen molar-refractivity contribution in [2.45, 2.75) is 18.9 Å². The van der Waals surface area contributed by atoms with Gasteiger partial charge in [-0.25, -0.2) is 0 Å². The second-order valence-corrected chi connectivity index (χ2v) is 6.02. The summed E-state index contributed by atoms with van der Waals surface area (Å²) < 4.78 is 0. The zero-order valence-corrected chi connectivity index (χ0v) is 13.5. The maximum atomic E-state index is 12.4. The number of amides is 2. The van der Waals surface area contributed by atoms with E-state index in [1.54, 1.807) is 42.5 Å². The second kappa shape index (κ2) is 6.70. The number of nitrogens with one attached hydrogen (secondary N) is 1. The summed E-state index contributed by atoms with van der Waals surface area (Å²) in [4.78, 5) is 29.6. The maximum Gasteiger partial charge on any atom is 0.251 e. The number of likely N-dealkylation sites (N-methyl/N-ethyl adjacent to an activating group) is 1. The molecule has 1 aromatic heterocycles. The van der Waals surface area contributed by atoms with Crippen LogP contribution in [0.2, 0.25) is 0 Å². The zero-order chi connectivity index (χ0) is 17.1. The minimum absolute atomic E-state index is 0.00570. The molecule has 1 aliphatic heterocycles. The number of carbonyl (C=O) groups excluding carboxylic acids is 2. The number of nitrogen functional groups attached to an aromatic ring is 1. The van der Waals surface area contributed by atoms with Crippen molar-refractivity contribution in [1.82, 2.24) is 15.2 Å². The van der Waals surface area contributed by atoms with E-state index in [1.807, 2.05) is 12.1 Å². The third-order valence-corrected chi connectivity index (χ3v) is 4.27. The van der Waals surface area contributed by atoms with Crippen molar-refractivity contribution in [3.05, 3.63) is 48.3 Å². The van der Waals surface area contributed by atoms with Crippen LogP contribution < -0.4 is 11.1 Å². The topological polar surface area (TPSA) is 88.3 Å². The molecule has 0 radical (unpaired) electrons. The van der Waals surface area contributed by atoms with Gasteiger partial charge in [-0.2, -0.15) is 0 Å². The van der Waals surface area contributed by atoms with E-state index in [1.165, 1.54) is 0 Å². The summed E-state index contributed by atoms with van der Waals surface area (Å²) >= 11 is 0. The number of aromatic nitrogens is 1. The molecule has 1 atom stereocenters. The number of hydrogen-bond donors (Lipinski definition) is 2. The molecule has 6 heteroatoms. The van der Waals surface area contributed by atoms with E-state index >= 15 is 0 Å². The molecule has 0 saturated carbocycles. The van der Waals surface area contributed by atoms with Gasteiger partial charge in [0.2, 0.25) is 5.91 Å². The Balaban J connectivity index is 1.68. The Kier molecular flexibility index (Phi) is 4.46. The molecule has 1 saturated heterocycles. The van der Waals surface area contributed by atoms with Gasteiger partial charge in [0.05, 0.1) is 0 Å². The van der Waals surface area contributed by atoms with Crippen LogP contribution >= 0.6 is 0 Å². The first-order valence-corrected chi connectivity index (χ1v) is 7.89. The van der Waals surface area contributed by atoms with Crippen molar-refractivity contribution in [3.63, 3.8) is 0 Å². The first-order chi connectivity index (χ1) is 11.5. The highest BCUT2D eigenvalue weighted by Crippen LogP contribution is 2.24. The molecule has 0 spiro atoms. The minimum atomic E-state index is -0.131. The molecule has 1 fully saturated rings. The first-order valence-electron chi connectivity index (χ1n) is 7.89. The second-order valence-electron chi connectivity index (χ2n) is 6.02. The van der Waals surface area contributed by atoms with Gasteiger partial charge < -0.3 is 16.0 Å². The van der Waals surface area contributed by atoms with E-state index in [2.05, 4.69) is 10.3 Å². The summed E-state index contributed by atoms with van der Waals surface area (Å²) in [7, 11) is 1.76. The van der Waals surface area contributed by atoms with Gasteiger partial charge in [0.15, 0.2) is 0 Å². The lowest BCUT2D eigenvalue weighted by Crippen LogP contribution is -2.48. The summed E-state index contributed by atoms with van der Waals surface area (Å²) in [5, 5.41) is 2.99. The predicted octanol–water partition coefficient (Wildman–Crippen LogP) is 1.68. The molecule has 0 bridgehead atoms. The molecular weight excluding hydrogens is 304 g/mol. The van der Waals surface area contributed by atoms with E-state index in [0.29, 0.717) is 30.6 Å². The highest BCUT2D eigenvalue weighted by Gasteiger charge is 2.24. The molecule has 0 unspecified atom stereocenters. The van der Waals surface area contributed by atoms with Gasteiger partial charge in [-0.3, -0.25) is 14.6 Å². The van der Waals surface area contributed by atoms with Gasteiger partial charge in [-0.05, 0) is 30.2 Å². The molecule has 0 aliphatic carbocycles. The number of likely N-dealkylation sites (tertiary alicyclic amines) is 1. The lowest BCUT2D eigenvalue weighted by atomic mass is 10.0. The Morgan fingerprint density at radius 1 is 1.29 bits per heavy atom. The van der Waals surface area contributed by atoms with Crippen molar-refractivity contribution in [1.29, 1.82) is 0 Å². The lowest BCUT2D eigenvalue weighted by Gasteiger charge is -2.30. The van der Waals surface area contributed by atoms with Crippen LogP contribution in [0.25, 0.3) is 11.1 Å². The lowest BCUT2D eigenvalue weighted by molar-refractivity contribution is -0.132. The SMILES string of the molecule is CN1C[C@@H](NC(=O)c2ccc(-c3cnccc3N)cc2)CCC1=O. The Hall–Kier alpha value is -2.89. The van der Waals surface area contributed by atoms with Crippen molar-refractivity contribution in [2.24, 2.45) is 0 Å². The number of nitrogens with zero attached hydrogens (tertiary/aromatic N) is 2. The number of rotatable bonds is 3. The van der Waals surface area contributed by atoms with Crippen LogP contribution in [0.4, 0.5) is 5.69 Å². The number of benzene rings is 1. The van der Waals surface area contributed by atoms with Crippen LogP contribution in [0, 0.1) is 0 Å². The average molecular weight is 324 g/mol. The summed E-state index contributed by atoms with van der Waals surface area (Å²) in [6.07, 6.45) is 4.51. The number of carbonyl (C=O) groups is 2. The summed E-state index contributed by atoms with van der Waals surface area (Å²) in [6, 6.07) is 9.01. The first kappa shape index (κ1) is 16.0. The van der Waals surface area contributed by atoms with Crippen molar-refractivity contribution in [2.75, 3.05) is 19.3 Å². The standard InChI is InChI=1S/C18H20N4O2/c1-22-11-14(6-7-17(22)23)21-18(24)13-4-2-12(3-5-13)15-10-20-9-8-16(15)19/h2-5,8-10,14H,6-7,11H2,1H3,(H2,19,20)(H,21,24)/t14-/m0/s1. The van der Waals surface area contributed by atoms with Gasteiger partial charge in [0.1, 0.15) is 0 Å². The van der Waals surface area contributed by atoms with Crippen molar-refractivity contribution < 1.29 is 9.59 Å². The van der Waals surface area contributed by atoms with Crippen molar-refractivity contribution in [3.8, 4) is 11.1 Å². The zero-order valence-electron chi connectivity index (χ0n) is 13.5. The molecular formula is C18H20N4O2. The van der Waals surface area contributed by atoms with Crippen LogP contribution in [-0.4, -0.2) is 41.3 Å². The van der Waals surface area contributed by atoms with E-state index in [4.69, 9.17) is 5.73 Å². The Labute approximate surface area is 140 Å². The van der Waals surface area contributed by atoms with E-state index in [-0.39, 0.29) is 17.9 Å². The number of hydrogen-bond acceptors (Lipinski definition) is 4. The molecule has 2 amide bonds. The maximum absolute atomic E-state index is 12.4. The molecule has 3 rings (SSSR count). The van der Waals surface area contributed by atoms with Crippen LogP contribution in [0.3, 0.4) is 0 Å². The highest BCUT2D eigenvalue weighted by atomic mass is 16.2. The fraction of sp³-hybridized carbons (Fsp3) is 0.278. The molecule has 124 valence electrons. The smallest absolute Gasteiger partial charge is 0.251 e. The summed E-state index contributed by atoms with van der Waals surface area (Å²) in [6.45, 7) is 0.550. The van der Waals surface area contributed by atoms with Crippen LogP contribution in [-0.2, 0) is 4.79 Å². The van der Waals surface area contributed by atoms with Gasteiger partial charge in [0.25, 0.3) is 5.91 Å². The third-order valence-electron chi connectivity index (χ3n) is 4.27. The van der Waals surface area contributed by atoms with E-state index < -0.39 is 0 Å². The van der Waals surface area contributed by atoms with Crippen LogP contribution in [0.5, 0.6) is 0 Å². The van der Waals surface area contributed by atoms with Crippen LogP contribution in [0.1, 0.15) is 23.2 Å². The molecule has 2 heterocycles. The summed E-state index contributed by atoms with van der Waals surface area (Å²) in [5.41, 5.74) is 8.94. The number of anilines is 1. The summed E-state index contributed by atoms with van der Waals surface area (Å²) in [5.74, 6) is -0.00707. The van der Waals surface area contributed by atoms with Gasteiger partial charge in [-0.15, -0.1) is 0 Å². The molecule has 24 heavy (non-hydrogen) atoms. The molecule has 3 N–H and O–H groups in total. The third kappa shape index (κ3) is 3.37. The van der Waals surface area contributed by atoms with Crippen molar-refractivity contribution >= 4 is 17.5 Å². The Morgan fingerprint density at radius 2 is 2.04 bits per heavy atom. The largest absolute Gasteiger partial charge is 0.398 e. The van der Waals surface area contributed by atoms with Gasteiger partial charge in [-0.1, -0.05) is 12.1 Å². The average Bonchev–Trinajstić information content (AvgIpc) is 2.59. The van der Waals surface area contributed by atoms with Gasteiger partial charge >= 0.3 is 0 Å². The van der Waals surface area contributed by atoms with Crippen LogP contribution in [0.15, 0.2) is 42.7 Å². The molecule has 1 aromatic carbocycles. The monoisotopic (exact) mass is 324 g/mol. The Morgan fingerprint density at radius 3 is 2.71 bits per heavy atom. The molecule has 2 aromatic rings. The Bertz CT molecular complexity index is 758. The minimum Gasteiger partial charge on any atom is -0.398 e. The molecule has 1 aliphatic rings. The van der Waals surface area contributed by atoms with E-state index in [9.17, 15) is 9.59 Å². The predicted molar refractivity (Wildman–Crippen MR) is 92.2 cm³/mol. The van der Waals surface area contributed by atoms with E-state index in [0.717, 1.165) is 11.1 Å². The highest BCUT2D eigenvalue weighted by molar-refractivity contribution is 5.95. The quantitative estimate of drug-likeness (QED) is 0.899. The number of nitrogens with two attached hydrogens (primary N) is 1.